The number of ether oxygens (including phenoxy) is 2. The number of nitro groups is 2. The van der Waals surface area contributed by atoms with Crippen molar-refractivity contribution >= 4 is 28.7 Å². The van der Waals surface area contributed by atoms with Gasteiger partial charge in [-0.1, -0.05) is 5.16 Å². The fourth-order valence-corrected chi connectivity index (χ4v) is 4.31. The molecule has 0 saturated carbocycles. The van der Waals surface area contributed by atoms with E-state index < -0.39 is 62.4 Å². The molecule has 1 aromatic carbocycles. The number of fused-ring (bicyclic) bond motifs is 1. The number of hydrazine groups is 1. The van der Waals surface area contributed by atoms with Gasteiger partial charge < -0.3 is 19.2 Å². The largest absolute Gasteiger partial charge is 0.416 e. The second kappa shape index (κ2) is 8.90. The molecule has 3 heterocycles. The molecule has 35 heavy (non-hydrogen) atoms. The molecule has 1 spiro atoms. The van der Waals surface area contributed by atoms with Gasteiger partial charge in [0.1, 0.15) is 0 Å². The van der Waals surface area contributed by atoms with E-state index in [9.17, 15) is 38.2 Å². The van der Waals surface area contributed by atoms with E-state index in [2.05, 4.69) is 5.16 Å². The molecule has 0 bridgehead atoms. The monoisotopic (exact) mass is 504 g/mol. The molecule has 2 atom stereocenters. The Kier molecular flexibility index (Phi) is 6.24. The second-order valence-electron chi connectivity index (χ2n) is 8.10. The summed E-state index contributed by atoms with van der Waals surface area (Å²) in [5, 5.41) is 26.8. The van der Waals surface area contributed by atoms with Crippen molar-refractivity contribution in [2.24, 2.45) is 16.9 Å². The molecular weight excluding hydrogens is 485 g/mol. The molecule has 2 saturated heterocycles. The van der Waals surface area contributed by atoms with Crippen molar-refractivity contribution in [3.8, 4) is 0 Å². The number of hydrogen-bond donors (Lipinski definition) is 2. The number of halogens is 3. The quantitative estimate of drug-likeness (QED) is 0.261. The van der Waals surface area contributed by atoms with Crippen molar-refractivity contribution in [1.82, 2.24) is 5.43 Å². The number of carbonyl (C=O) groups is 1. The van der Waals surface area contributed by atoms with Crippen molar-refractivity contribution in [2.75, 3.05) is 31.2 Å². The number of nitro benzene ring substituents is 2. The van der Waals surface area contributed by atoms with Crippen LogP contribution in [0.4, 0.5) is 30.2 Å². The number of anilines is 1. The summed E-state index contributed by atoms with van der Waals surface area (Å²) in [6.07, 6.45) is -5.46. The number of nitrogens with one attached hydrogen (secondary N) is 1. The number of alkyl halides is 3. The van der Waals surface area contributed by atoms with E-state index >= 15 is 0 Å². The SMILES string of the molecule is NNC(=O)C1=NO[C@@H]2COC3(CCN(c4c([N+](=O)[O-])cc(C(F)(F)F)cc4[N+](=O)[O-])CC3)OC[C@@H]12. The fourth-order valence-electron chi connectivity index (χ4n) is 4.31. The van der Waals surface area contributed by atoms with Crippen molar-refractivity contribution in [1.29, 1.82) is 0 Å². The first-order valence-electron chi connectivity index (χ1n) is 10.3. The van der Waals surface area contributed by atoms with Gasteiger partial charge in [-0.15, -0.1) is 0 Å². The molecule has 1 aromatic rings. The Hall–Kier alpha value is -3.57. The highest BCUT2D eigenvalue weighted by Crippen LogP contribution is 2.45. The van der Waals surface area contributed by atoms with Crippen LogP contribution in [-0.4, -0.2) is 59.7 Å². The van der Waals surface area contributed by atoms with Crippen LogP contribution in [0.2, 0.25) is 0 Å². The van der Waals surface area contributed by atoms with Crippen LogP contribution in [0.1, 0.15) is 18.4 Å². The zero-order valence-corrected chi connectivity index (χ0v) is 17.8. The zero-order chi connectivity index (χ0) is 25.5. The molecule has 3 N–H and O–H groups in total. The zero-order valence-electron chi connectivity index (χ0n) is 17.8. The molecule has 14 nitrogen and oxygen atoms in total. The van der Waals surface area contributed by atoms with Crippen LogP contribution < -0.4 is 16.2 Å². The van der Waals surface area contributed by atoms with Gasteiger partial charge in [0, 0.05) is 38.1 Å². The van der Waals surface area contributed by atoms with Crippen LogP contribution in [0.15, 0.2) is 17.3 Å². The van der Waals surface area contributed by atoms with Crippen LogP contribution >= 0.6 is 0 Å². The number of benzene rings is 1. The summed E-state index contributed by atoms with van der Waals surface area (Å²) < 4.78 is 51.4. The summed E-state index contributed by atoms with van der Waals surface area (Å²) in [5.74, 6) is 2.75. The van der Waals surface area contributed by atoms with E-state index in [4.69, 9.17) is 20.2 Å². The molecule has 1 amide bonds. The maximum Gasteiger partial charge on any atom is 0.416 e. The number of rotatable bonds is 4. The number of nitrogens with zero attached hydrogens (tertiary/aromatic N) is 4. The maximum atomic E-state index is 13.2. The molecule has 190 valence electrons. The van der Waals surface area contributed by atoms with Crippen molar-refractivity contribution < 1.29 is 42.1 Å². The summed E-state index contributed by atoms with van der Waals surface area (Å²) in [4.78, 5) is 39.3. The minimum absolute atomic E-state index is 0.00388. The summed E-state index contributed by atoms with van der Waals surface area (Å²) in [5.41, 5.74) is -2.07. The average Bonchev–Trinajstić information content (AvgIpc) is 3.14. The molecule has 2 fully saturated rings. The van der Waals surface area contributed by atoms with Crippen LogP contribution in [0.25, 0.3) is 0 Å². The summed E-state index contributed by atoms with van der Waals surface area (Å²) in [7, 11) is 0. The maximum absolute atomic E-state index is 13.2. The number of carbonyl (C=O) groups excluding carboxylic acids is 1. The number of piperidine rings is 1. The van der Waals surface area contributed by atoms with Gasteiger partial charge in [0.25, 0.3) is 17.3 Å². The number of nitrogens with two attached hydrogens (primary N) is 1. The van der Waals surface area contributed by atoms with Gasteiger partial charge in [-0.05, 0) is 0 Å². The molecule has 3 aliphatic heterocycles. The Labute approximate surface area is 194 Å². The molecule has 0 unspecified atom stereocenters. The third-order valence-corrected chi connectivity index (χ3v) is 6.12. The smallest absolute Gasteiger partial charge is 0.389 e. The lowest BCUT2D eigenvalue weighted by molar-refractivity contribution is -0.393. The molecule has 0 aliphatic carbocycles. The predicted molar refractivity (Wildman–Crippen MR) is 109 cm³/mol. The van der Waals surface area contributed by atoms with Gasteiger partial charge in [-0.3, -0.25) is 30.4 Å². The van der Waals surface area contributed by atoms with Crippen LogP contribution in [0.3, 0.4) is 0 Å². The molecule has 0 radical (unpaired) electrons. The molecule has 0 aromatic heterocycles. The Morgan fingerprint density at radius 3 is 2.23 bits per heavy atom. The normalized spacial score (nSPS) is 23.7. The average molecular weight is 504 g/mol. The molecule has 4 rings (SSSR count). The third-order valence-electron chi connectivity index (χ3n) is 6.12. The Balaban J connectivity index is 1.56. The van der Waals surface area contributed by atoms with E-state index in [0.29, 0.717) is 0 Å². The minimum atomic E-state index is -5.01. The second-order valence-corrected chi connectivity index (χ2v) is 8.10. The van der Waals surface area contributed by atoms with E-state index in [1.54, 1.807) is 0 Å². The molecular formula is C18H19F3N6O8. The first-order valence-corrected chi connectivity index (χ1v) is 10.3. The van der Waals surface area contributed by atoms with E-state index in [-0.39, 0.29) is 57.0 Å². The van der Waals surface area contributed by atoms with Gasteiger partial charge in [0.15, 0.2) is 23.3 Å². The van der Waals surface area contributed by atoms with Gasteiger partial charge in [0.2, 0.25) is 0 Å². The van der Waals surface area contributed by atoms with E-state index in [0.717, 1.165) is 0 Å². The Morgan fingerprint density at radius 1 is 1.14 bits per heavy atom. The summed E-state index contributed by atoms with van der Waals surface area (Å²) in [6.45, 7) is -0.117. The summed E-state index contributed by atoms with van der Waals surface area (Å²) >= 11 is 0. The van der Waals surface area contributed by atoms with Gasteiger partial charge in [0.05, 0.1) is 34.5 Å². The van der Waals surface area contributed by atoms with Crippen LogP contribution in [0, 0.1) is 26.1 Å². The highest BCUT2D eigenvalue weighted by Gasteiger charge is 2.48. The van der Waals surface area contributed by atoms with Crippen molar-refractivity contribution in [3.05, 3.63) is 37.9 Å². The number of oxime groups is 1. The predicted octanol–water partition coefficient (Wildman–Crippen LogP) is 1.23. The molecule has 3 aliphatic rings. The lowest BCUT2D eigenvalue weighted by Crippen LogP contribution is -2.48. The van der Waals surface area contributed by atoms with Crippen molar-refractivity contribution in [2.45, 2.75) is 30.9 Å². The lowest BCUT2D eigenvalue weighted by Gasteiger charge is -2.41. The first kappa shape index (κ1) is 24.6. The number of hydrogen-bond acceptors (Lipinski definition) is 11. The van der Waals surface area contributed by atoms with Gasteiger partial charge >= 0.3 is 6.18 Å². The van der Waals surface area contributed by atoms with E-state index in [1.807, 2.05) is 5.43 Å². The fraction of sp³-hybridized carbons (Fsp3) is 0.556. The lowest BCUT2D eigenvalue weighted by atomic mass is 9.98. The van der Waals surface area contributed by atoms with E-state index in [1.165, 1.54) is 4.90 Å². The van der Waals surface area contributed by atoms with Crippen LogP contribution in [0.5, 0.6) is 0 Å². The van der Waals surface area contributed by atoms with Gasteiger partial charge in [-0.25, -0.2) is 5.84 Å². The Bertz CT molecular complexity index is 1050. The standard InChI is InChI=1S/C18H19F3N6O8/c19-18(20,21)9-5-11(26(29)30)15(12(6-9)27(31)32)25-3-1-17(2-4-25)33-7-10-13(8-34-17)35-24-14(10)16(28)23-22/h5-6,10,13H,1-4,7-8,22H2,(H,23,28)/t10-,13-/m1/s1. The third kappa shape index (κ3) is 4.56. The van der Waals surface area contributed by atoms with Crippen molar-refractivity contribution in [3.63, 3.8) is 0 Å². The highest BCUT2D eigenvalue weighted by atomic mass is 19.4. The highest BCUT2D eigenvalue weighted by molar-refractivity contribution is 6.39. The van der Waals surface area contributed by atoms with Crippen LogP contribution in [-0.2, 0) is 25.3 Å². The topological polar surface area (TPSA) is 185 Å². The summed E-state index contributed by atoms with van der Waals surface area (Å²) in [6, 6.07) is 0.570. The number of amides is 1. The first-order chi connectivity index (χ1) is 16.5. The minimum Gasteiger partial charge on any atom is -0.389 e. The van der Waals surface area contributed by atoms with Gasteiger partial charge in [-0.2, -0.15) is 13.2 Å². The molecule has 17 heteroatoms. The Morgan fingerprint density at radius 2 is 1.71 bits per heavy atom.